The number of rotatable bonds is 6. The molecule has 0 saturated heterocycles. The summed E-state index contributed by atoms with van der Waals surface area (Å²) < 4.78 is 20.7. The summed E-state index contributed by atoms with van der Waals surface area (Å²) in [7, 11) is 1.72. The lowest BCUT2D eigenvalue weighted by atomic mass is 10.1. The molecule has 9 nitrogen and oxygen atoms in total. The molecule has 0 unspecified atom stereocenters. The third-order valence-electron chi connectivity index (χ3n) is 3.43. The van der Waals surface area contributed by atoms with Crippen LogP contribution in [0.5, 0.6) is 0 Å². The minimum atomic E-state index is -0.583. The molecular weight excluding hydrogens is 407 g/mol. The lowest BCUT2D eigenvalue weighted by molar-refractivity contribution is 0.0520. The highest BCUT2D eigenvalue weighted by Crippen LogP contribution is 2.31. The van der Waals surface area contributed by atoms with Crippen LogP contribution in [0.1, 0.15) is 27.8 Å². The number of hydrogen-bond donors (Lipinski definition) is 2. The van der Waals surface area contributed by atoms with Crippen LogP contribution in [-0.4, -0.2) is 38.2 Å². The van der Waals surface area contributed by atoms with E-state index in [-0.39, 0.29) is 33.6 Å². The van der Waals surface area contributed by atoms with Crippen LogP contribution in [0, 0.1) is 5.82 Å². The fraction of sp³-hybridized carbons (Fsp3) is 0.188. The van der Waals surface area contributed by atoms with Crippen molar-refractivity contribution in [3.8, 4) is 0 Å². The molecule has 0 aliphatic carbocycles. The van der Waals surface area contributed by atoms with Gasteiger partial charge in [0.15, 0.2) is 16.0 Å². The number of aryl methyl sites for hydroxylation is 1. The molecule has 146 valence electrons. The highest BCUT2D eigenvalue weighted by molar-refractivity contribution is 7.99. The number of hydrogen-bond acceptors (Lipinski definition) is 9. The number of ether oxygens (including phenoxy) is 1. The Labute approximate surface area is 167 Å². The van der Waals surface area contributed by atoms with Gasteiger partial charge in [-0.05, 0) is 30.8 Å². The molecule has 0 spiro atoms. The highest BCUT2D eigenvalue weighted by atomic mass is 32.2. The van der Waals surface area contributed by atoms with E-state index in [4.69, 9.17) is 10.5 Å². The van der Waals surface area contributed by atoms with E-state index in [0.717, 1.165) is 29.2 Å². The molecule has 0 aliphatic heterocycles. The molecule has 0 aliphatic rings. The van der Waals surface area contributed by atoms with E-state index in [1.54, 1.807) is 18.5 Å². The van der Waals surface area contributed by atoms with Crippen molar-refractivity contribution in [2.75, 3.05) is 17.7 Å². The van der Waals surface area contributed by atoms with E-state index in [1.165, 1.54) is 17.8 Å². The van der Waals surface area contributed by atoms with E-state index in [0.29, 0.717) is 5.16 Å². The third-order valence-corrected chi connectivity index (χ3v) is 5.27. The van der Waals surface area contributed by atoms with Gasteiger partial charge in [0.25, 0.3) is 5.91 Å². The Bertz CT molecular complexity index is 1040. The second-order valence-corrected chi connectivity index (χ2v) is 7.28. The van der Waals surface area contributed by atoms with Gasteiger partial charge in [-0.3, -0.25) is 10.1 Å². The maximum Gasteiger partial charge on any atom is 0.357 e. The van der Waals surface area contributed by atoms with Gasteiger partial charge in [0, 0.05) is 18.1 Å². The summed E-state index contributed by atoms with van der Waals surface area (Å²) in [5, 5.41) is 12.3. The molecule has 2 heterocycles. The van der Waals surface area contributed by atoms with Gasteiger partial charge in [0.2, 0.25) is 0 Å². The van der Waals surface area contributed by atoms with Gasteiger partial charge >= 0.3 is 5.97 Å². The van der Waals surface area contributed by atoms with Crippen molar-refractivity contribution < 1.29 is 18.7 Å². The third kappa shape index (κ3) is 4.28. The molecule has 0 fully saturated rings. The van der Waals surface area contributed by atoms with Gasteiger partial charge in [-0.15, -0.1) is 21.5 Å². The second-order valence-electron chi connectivity index (χ2n) is 5.41. The maximum absolute atomic E-state index is 14.3. The molecule has 3 N–H and O–H groups in total. The van der Waals surface area contributed by atoms with Crippen molar-refractivity contribution in [2.45, 2.75) is 17.0 Å². The van der Waals surface area contributed by atoms with Crippen LogP contribution >= 0.6 is 23.1 Å². The summed E-state index contributed by atoms with van der Waals surface area (Å²) in [4.78, 5) is 28.4. The fourth-order valence-electron chi connectivity index (χ4n) is 2.10. The number of amides is 1. The summed E-state index contributed by atoms with van der Waals surface area (Å²) in [5.74, 6) is -1.74. The van der Waals surface area contributed by atoms with Crippen molar-refractivity contribution >= 4 is 45.8 Å². The number of nitrogens with one attached hydrogen (secondary N) is 1. The molecular formula is C16H15FN6O3S2. The maximum atomic E-state index is 14.3. The summed E-state index contributed by atoms with van der Waals surface area (Å²) in [5.41, 5.74) is 5.94. The van der Waals surface area contributed by atoms with Crippen LogP contribution in [-0.2, 0) is 11.8 Å². The first-order valence-corrected chi connectivity index (χ1v) is 9.63. The van der Waals surface area contributed by atoms with Crippen LogP contribution in [0.25, 0.3) is 0 Å². The van der Waals surface area contributed by atoms with E-state index in [1.807, 2.05) is 0 Å². The minimum Gasteiger partial charge on any atom is -0.461 e. The molecule has 1 aromatic carbocycles. The predicted octanol–water partition coefficient (Wildman–Crippen LogP) is 2.57. The van der Waals surface area contributed by atoms with Crippen LogP contribution in [0.15, 0.2) is 33.9 Å². The molecule has 0 bridgehead atoms. The number of esters is 1. The van der Waals surface area contributed by atoms with Crippen molar-refractivity contribution in [1.29, 1.82) is 0 Å². The first-order chi connectivity index (χ1) is 13.4. The second kappa shape index (κ2) is 8.35. The zero-order valence-electron chi connectivity index (χ0n) is 14.8. The highest BCUT2D eigenvalue weighted by Gasteiger charge is 2.19. The molecule has 0 atom stereocenters. The number of benzene rings is 1. The summed E-state index contributed by atoms with van der Waals surface area (Å²) in [6.07, 6.45) is 1.48. The number of nitrogens with zero attached hydrogens (tertiary/aromatic N) is 4. The van der Waals surface area contributed by atoms with E-state index < -0.39 is 17.7 Å². The van der Waals surface area contributed by atoms with Gasteiger partial charge < -0.3 is 15.0 Å². The van der Waals surface area contributed by atoms with Gasteiger partial charge in [-0.1, -0.05) is 0 Å². The minimum absolute atomic E-state index is 0.0283. The van der Waals surface area contributed by atoms with Crippen molar-refractivity contribution in [3.05, 3.63) is 40.9 Å². The standard InChI is InChI=1S/C16H15FN6O3S2/c1-3-26-14(25)11-6-27-15(20-11)21-13(24)8-4-12(9(17)5-10(8)18)28-16-22-19-7-23(16)2/h4-7H,3,18H2,1-2H3,(H,20,21,24). The molecule has 2 aromatic heterocycles. The van der Waals surface area contributed by atoms with E-state index in [9.17, 15) is 14.0 Å². The largest absolute Gasteiger partial charge is 0.461 e. The number of carbonyl (C=O) groups is 2. The SMILES string of the molecule is CCOC(=O)c1csc(NC(=O)c2cc(Sc3nncn3C)c(F)cc2N)n1. The molecule has 0 radical (unpaired) electrons. The zero-order chi connectivity index (χ0) is 20.3. The molecule has 0 saturated carbocycles. The van der Waals surface area contributed by atoms with Gasteiger partial charge in [-0.2, -0.15) is 0 Å². The Hall–Kier alpha value is -2.99. The van der Waals surface area contributed by atoms with Crippen LogP contribution in [0.4, 0.5) is 15.2 Å². The fourth-order valence-corrected chi connectivity index (χ4v) is 3.59. The summed E-state index contributed by atoms with van der Waals surface area (Å²) >= 11 is 2.07. The van der Waals surface area contributed by atoms with Crippen molar-refractivity contribution in [3.63, 3.8) is 0 Å². The van der Waals surface area contributed by atoms with Gasteiger partial charge in [-0.25, -0.2) is 14.2 Å². The van der Waals surface area contributed by atoms with Crippen LogP contribution in [0.2, 0.25) is 0 Å². The number of carbonyl (C=O) groups excluding carboxylic acids is 2. The Morgan fingerprint density at radius 3 is 2.89 bits per heavy atom. The normalized spacial score (nSPS) is 10.7. The topological polar surface area (TPSA) is 125 Å². The monoisotopic (exact) mass is 422 g/mol. The lowest BCUT2D eigenvalue weighted by Gasteiger charge is -2.09. The van der Waals surface area contributed by atoms with Crippen molar-refractivity contribution in [1.82, 2.24) is 19.7 Å². The molecule has 3 aromatic rings. The van der Waals surface area contributed by atoms with Crippen LogP contribution < -0.4 is 11.1 Å². The quantitative estimate of drug-likeness (QED) is 0.459. The number of anilines is 2. The van der Waals surface area contributed by atoms with E-state index >= 15 is 0 Å². The number of halogens is 1. The molecule has 3 rings (SSSR count). The average Bonchev–Trinajstić information content (AvgIpc) is 3.27. The Balaban J connectivity index is 1.80. The molecule has 1 amide bonds. The summed E-state index contributed by atoms with van der Waals surface area (Å²) in [6.45, 7) is 1.90. The Morgan fingerprint density at radius 1 is 1.43 bits per heavy atom. The average molecular weight is 422 g/mol. The Kier molecular flexibility index (Phi) is 5.90. The zero-order valence-corrected chi connectivity index (χ0v) is 16.4. The Morgan fingerprint density at radius 2 is 2.21 bits per heavy atom. The lowest BCUT2D eigenvalue weighted by Crippen LogP contribution is -2.15. The smallest absolute Gasteiger partial charge is 0.357 e. The molecule has 28 heavy (non-hydrogen) atoms. The number of nitrogen functional groups attached to an aromatic ring is 1. The van der Waals surface area contributed by atoms with E-state index in [2.05, 4.69) is 20.5 Å². The predicted molar refractivity (Wildman–Crippen MR) is 102 cm³/mol. The number of nitrogens with two attached hydrogens (primary N) is 1. The van der Waals surface area contributed by atoms with Gasteiger partial charge in [0.05, 0.1) is 17.1 Å². The van der Waals surface area contributed by atoms with Crippen LogP contribution in [0.3, 0.4) is 0 Å². The van der Waals surface area contributed by atoms with Gasteiger partial charge in [0.1, 0.15) is 12.1 Å². The molecule has 12 heteroatoms. The number of thiazole rings is 1. The first-order valence-electron chi connectivity index (χ1n) is 7.94. The summed E-state index contributed by atoms with van der Waals surface area (Å²) in [6, 6.07) is 2.40. The number of aromatic nitrogens is 4. The first kappa shape index (κ1) is 19.8. The van der Waals surface area contributed by atoms with Crippen molar-refractivity contribution in [2.24, 2.45) is 7.05 Å².